The number of aliphatic imine (C=N–C) groups is 1. The number of hydrogen-bond donors (Lipinski definition) is 0. The highest BCUT2D eigenvalue weighted by Gasteiger charge is 2.19. The summed E-state index contributed by atoms with van der Waals surface area (Å²) in [7, 11) is 0. The summed E-state index contributed by atoms with van der Waals surface area (Å²) in [5, 5.41) is 0. The molecule has 16 heavy (non-hydrogen) atoms. The molecule has 2 aliphatic rings. The van der Waals surface area contributed by atoms with Gasteiger partial charge in [-0.1, -0.05) is 37.8 Å². The lowest BCUT2D eigenvalue weighted by Crippen LogP contribution is -2.19. The highest BCUT2D eigenvalue weighted by Crippen LogP contribution is 2.28. The van der Waals surface area contributed by atoms with Crippen molar-refractivity contribution in [1.29, 1.82) is 0 Å². The third-order valence-electron chi connectivity index (χ3n) is 4.18. The van der Waals surface area contributed by atoms with Gasteiger partial charge in [0.1, 0.15) is 0 Å². The summed E-state index contributed by atoms with van der Waals surface area (Å²) < 4.78 is 0. The molecule has 1 nitrogen and oxygen atoms in total. The maximum atomic E-state index is 4.83. The normalized spacial score (nSPS) is 33.0. The van der Waals surface area contributed by atoms with E-state index in [9.17, 15) is 0 Å². The van der Waals surface area contributed by atoms with Gasteiger partial charge in [-0.2, -0.15) is 0 Å². The Morgan fingerprint density at radius 2 is 2.00 bits per heavy atom. The highest BCUT2D eigenvalue weighted by molar-refractivity contribution is 5.62. The van der Waals surface area contributed by atoms with Crippen LogP contribution in [0.3, 0.4) is 0 Å². The predicted molar refractivity (Wildman–Crippen MR) is 71.0 cm³/mol. The quantitative estimate of drug-likeness (QED) is 0.482. The van der Waals surface area contributed by atoms with E-state index in [2.05, 4.69) is 26.1 Å². The molecule has 2 atom stereocenters. The lowest BCUT2D eigenvalue weighted by molar-refractivity contribution is 0.422. The van der Waals surface area contributed by atoms with E-state index in [1.807, 2.05) is 0 Å². The van der Waals surface area contributed by atoms with Gasteiger partial charge < -0.3 is 0 Å². The van der Waals surface area contributed by atoms with E-state index in [1.165, 1.54) is 44.9 Å². The molecular formula is C15H25N. The second-order valence-corrected chi connectivity index (χ2v) is 5.72. The lowest BCUT2D eigenvalue weighted by atomic mass is 9.82. The van der Waals surface area contributed by atoms with Crippen molar-refractivity contribution in [1.82, 2.24) is 0 Å². The molecule has 0 radical (unpaired) electrons. The molecular weight excluding hydrogens is 194 g/mol. The summed E-state index contributed by atoms with van der Waals surface area (Å²) in [5.41, 5.74) is 1.56. The Bertz CT molecular complexity index is 271. The Hall–Kier alpha value is -0.590. The van der Waals surface area contributed by atoms with Crippen molar-refractivity contribution in [2.75, 3.05) is 0 Å². The molecule has 1 heteroatoms. The first-order valence-corrected chi connectivity index (χ1v) is 6.94. The number of nitrogens with zero attached hydrogens (tertiary/aromatic N) is 1. The number of rotatable bonds is 2. The Labute approximate surface area is 100 Å². The zero-order valence-electron chi connectivity index (χ0n) is 10.8. The summed E-state index contributed by atoms with van der Waals surface area (Å²) in [6.07, 6.45) is 14.0. The molecule has 0 aromatic heterocycles. The van der Waals surface area contributed by atoms with Gasteiger partial charge in [-0.05, 0) is 38.5 Å². The largest absolute Gasteiger partial charge is 0.294 e. The first-order valence-electron chi connectivity index (χ1n) is 6.94. The molecule has 0 amide bonds. The highest BCUT2D eigenvalue weighted by atomic mass is 14.8. The van der Waals surface area contributed by atoms with Crippen LogP contribution in [-0.4, -0.2) is 12.3 Å². The molecule has 0 saturated heterocycles. The second kappa shape index (κ2) is 5.65. The van der Waals surface area contributed by atoms with Crippen molar-refractivity contribution < 1.29 is 0 Å². The van der Waals surface area contributed by atoms with E-state index in [4.69, 9.17) is 4.99 Å². The van der Waals surface area contributed by atoms with Gasteiger partial charge >= 0.3 is 0 Å². The number of hydrogen-bond acceptors (Lipinski definition) is 1. The third kappa shape index (κ3) is 3.20. The minimum absolute atomic E-state index is 0.646. The molecule has 2 rings (SSSR count). The first-order chi connectivity index (χ1) is 7.75. The molecule has 0 aromatic carbocycles. The molecule has 0 N–H and O–H groups in total. The fraction of sp³-hybridized carbons (Fsp3) is 0.800. The Balaban J connectivity index is 1.86. The zero-order chi connectivity index (χ0) is 11.4. The summed E-state index contributed by atoms with van der Waals surface area (Å²) in [6.45, 7) is 4.62. The van der Waals surface area contributed by atoms with Crippen LogP contribution in [0.4, 0.5) is 0 Å². The van der Waals surface area contributed by atoms with Crippen molar-refractivity contribution in [3.63, 3.8) is 0 Å². The van der Waals surface area contributed by atoms with E-state index in [0.717, 1.165) is 5.92 Å². The van der Waals surface area contributed by atoms with Crippen LogP contribution in [0, 0.1) is 11.8 Å². The molecule has 0 heterocycles. The Kier molecular flexibility index (Phi) is 4.20. The van der Waals surface area contributed by atoms with Gasteiger partial charge in [-0.3, -0.25) is 4.99 Å². The zero-order valence-corrected chi connectivity index (χ0v) is 10.8. The maximum absolute atomic E-state index is 4.83. The van der Waals surface area contributed by atoms with Gasteiger partial charge in [0.05, 0.1) is 0 Å². The fourth-order valence-electron chi connectivity index (χ4n) is 2.98. The van der Waals surface area contributed by atoms with Crippen molar-refractivity contribution in [2.24, 2.45) is 16.8 Å². The van der Waals surface area contributed by atoms with Gasteiger partial charge in [-0.25, -0.2) is 0 Å². The molecule has 0 spiro atoms. The van der Waals surface area contributed by atoms with Crippen LogP contribution in [0.25, 0.3) is 0 Å². The Morgan fingerprint density at radius 1 is 1.25 bits per heavy atom. The maximum Gasteiger partial charge on any atom is 0.0495 e. The van der Waals surface area contributed by atoms with E-state index >= 15 is 0 Å². The molecule has 0 bridgehead atoms. The van der Waals surface area contributed by atoms with Crippen LogP contribution in [0.15, 0.2) is 16.6 Å². The van der Waals surface area contributed by atoms with E-state index < -0.39 is 0 Å². The lowest BCUT2D eigenvalue weighted by Gasteiger charge is -2.25. The van der Waals surface area contributed by atoms with Crippen LogP contribution < -0.4 is 0 Å². The third-order valence-corrected chi connectivity index (χ3v) is 4.18. The van der Waals surface area contributed by atoms with E-state index in [1.54, 1.807) is 5.57 Å². The van der Waals surface area contributed by atoms with Gasteiger partial charge in [0, 0.05) is 18.2 Å². The van der Waals surface area contributed by atoms with Gasteiger partial charge in [0.25, 0.3) is 0 Å². The first kappa shape index (κ1) is 11.9. The number of allylic oxidation sites excluding steroid dienone is 2. The summed E-state index contributed by atoms with van der Waals surface area (Å²) >= 11 is 0. The predicted octanol–water partition coefficient (Wildman–Crippen LogP) is 4.38. The average Bonchev–Trinajstić information content (AvgIpc) is 2.29. The summed E-state index contributed by atoms with van der Waals surface area (Å²) in [4.78, 5) is 4.83. The molecule has 2 aliphatic carbocycles. The topological polar surface area (TPSA) is 12.4 Å². The van der Waals surface area contributed by atoms with E-state index in [-0.39, 0.29) is 0 Å². The average molecular weight is 219 g/mol. The van der Waals surface area contributed by atoms with Crippen LogP contribution in [0.5, 0.6) is 0 Å². The monoisotopic (exact) mass is 219 g/mol. The summed E-state index contributed by atoms with van der Waals surface area (Å²) in [6, 6.07) is 0.646. The molecule has 1 fully saturated rings. The van der Waals surface area contributed by atoms with Crippen LogP contribution in [0.2, 0.25) is 0 Å². The SMILES string of the molecule is CC1=CCC(/C=N/C2CCCCC2)C(C)C1. The van der Waals surface area contributed by atoms with Gasteiger partial charge in [-0.15, -0.1) is 0 Å². The minimum Gasteiger partial charge on any atom is -0.294 e. The van der Waals surface area contributed by atoms with Crippen molar-refractivity contribution >= 4 is 6.21 Å². The second-order valence-electron chi connectivity index (χ2n) is 5.72. The molecule has 0 aliphatic heterocycles. The summed E-state index contributed by atoms with van der Waals surface area (Å²) in [5.74, 6) is 1.49. The standard InChI is InChI=1S/C15H25N/c1-12-8-9-14(13(2)10-12)11-16-15-6-4-3-5-7-15/h8,11,13-15H,3-7,9-10H2,1-2H3/b16-11+. The van der Waals surface area contributed by atoms with Crippen LogP contribution >= 0.6 is 0 Å². The molecule has 90 valence electrons. The van der Waals surface area contributed by atoms with Crippen molar-refractivity contribution in [3.05, 3.63) is 11.6 Å². The van der Waals surface area contributed by atoms with Crippen molar-refractivity contribution in [3.8, 4) is 0 Å². The molecule has 1 saturated carbocycles. The van der Waals surface area contributed by atoms with Crippen LogP contribution in [-0.2, 0) is 0 Å². The van der Waals surface area contributed by atoms with Gasteiger partial charge in [0.15, 0.2) is 0 Å². The molecule has 0 aromatic rings. The van der Waals surface area contributed by atoms with Crippen LogP contribution in [0.1, 0.15) is 58.8 Å². The van der Waals surface area contributed by atoms with E-state index in [0.29, 0.717) is 12.0 Å². The Morgan fingerprint density at radius 3 is 2.69 bits per heavy atom. The fourth-order valence-corrected chi connectivity index (χ4v) is 2.98. The minimum atomic E-state index is 0.646. The molecule has 2 unspecified atom stereocenters. The van der Waals surface area contributed by atoms with Crippen molar-refractivity contribution in [2.45, 2.75) is 64.8 Å². The van der Waals surface area contributed by atoms with Gasteiger partial charge in [0.2, 0.25) is 0 Å². The smallest absolute Gasteiger partial charge is 0.0495 e.